The van der Waals surface area contributed by atoms with Crippen molar-refractivity contribution in [2.75, 3.05) is 6.26 Å². The Kier molecular flexibility index (Phi) is 6.19. The second-order valence-electron chi connectivity index (χ2n) is 8.37. The first-order valence-corrected chi connectivity index (χ1v) is 12.5. The molecule has 0 spiro atoms. The smallest absolute Gasteiger partial charge is 0.259 e. The van der Waals surface area contributed by atoms with Crippen LogP contribution in [0.4, 0.5) is 13.2 Å². The molecule has 0 amide bonds. The van der Waals surface area contributed by atoms with Gasteiger partial charge in [-0.2, -0.15) is 5.26 Å². The molecule has 2 atom stereocenters. The van der Waals surface area contributed by atoms with Crippen molar-refractivity contribution < 1.29 is 30.5 Å². The summed E-state index contributed by atoms with van der Waals surface area (Å²) in [4.78, 5) is -0.280. The van der Waals surface area contributed by atoms with Crippen LogP contribution in [0.5, 0.6) is 11.5 Å². The minimum Gasteiger partial charge on any atom is -0.457 e. The number of nitrogens with zero attached hydrogens (tertiary/aromatic N) is 1. The lowest BCUT2D eigenvalue weighted by Crippen LogP contribution is -2.37. The Morgan fingerprint density at radius 1 is 1.31 bits per heavy atom. The highest BCUT2D eigenvalue weighted by Crippen LogP contribution is 2.54. The van der Waals surface area contributed by atoms with Crippen molar-refractivity contribution in [3.8, 4) is 17.6 Å². The molecule has 0 fully saturated rings. The highest BCUT2D eigenvalue weighted by atomic mass is 32.2. The molecular formula is C21H21F3N2O4S2. The van der Waals surface area contributed by atoms with Gasteiger partial charge in [-0.1, -0.05) is 0 Å². The average Bonchev–Trinajstić information content (AvgIpc) is 2.91. The van der Waals surface area contributed by atoms with Crippen molar-refractivity contribution in [3.63, 3.8) is 0 Å². The van der Waals surface area contributed by atoms with Crippen LogP contribution in [0.3, 0.4) is 0 Å². The van der Waals surface area contributed by atoms with Crippen molar-refractivity contribution in [3.05, 3.63) is 52.8 Å². The molecule has 0 aliphatic heterocycles. The molecule has 3 rings (SSSR count). The monoisotopic (exact) mass is 486 g/mol. The first-order valence-electron chi connectivity index (χ1n) is 9.44. The number of fused-ring (bicyclic) bond motifs is 1. The maximum absolute atomic E-state index is 15.2. The number of hydrogen-bond acceptors (Lipinski definition) is 5. The van der Waals surface area contributed by atoms with E-state index in [1.54, 1.807) is 6.07 Å². The van der Waals surface area contributed by atoms with E-state index < -0.39 is 49.6 Å². The van der Waals surface area contributed by atoms with E-state index in [0.717, 1.165) is 24.5 Å². The second kappa shape index (κ2) is 8.17. The molecule has 1 aliphatic carbocycles. The first-order chi connectivity index (χ1) is 14.7. The molecule has 11 heteroatoms. The lowest BCUT2D eigenvalue weighted by molar-refractivity contribution is -0.0204. The number of rotatable bonds is 6. The summed E-state index contributed by atoms with van der Waals surface area (Å²) < 4.78 is 85.2. The predicted molar refractivity (Wildman–Crippen MR) is 113 cm³/mol. The quantitative estimate of drug-likeness (QED) is 0.665. The minimum absolute atomic E-state index is 0.0280. The van der Waals surface area contributed by atoms with Crippen LogP contribution in [0.15, 0.2) is 35.2 Å². The third-order valence-corrected chi connectivity index (χ3v) is 7.82. The summed E-state index contributed by atoms with van der Waals surface area (Å²) in [5, 5.41) is 14.5. The third kappa shape index (κ3) is 4.67. The molecule has 2 aromatic rings. The average molecular weight is 487 g/mol. The Bertz CT molecular complexity index is 1250. The fraction of sp³-hybridized carbons (Fsp3) is 0.381. The zero-order valence-electron chi connectivity index (χ0n) is 17.5. The molecule has 0 saturated heterocycles. The van der Waals surface area contributed by atoms with Gasteiger partial charge in [0.25, 0.3) is 5.92 Å². The Balaban J connectivity index is 2.19. The molecule has 32 heavy (non-hydrogen) atoms. The Labute approximate surface area is 186 Å². The van der Waals surface area contributed by atoms with Gasteiger partial charge >= 0.3 is 0 Å². The minimum atomic E-state index is -3.89. The number of hydrogen-bond donors (Lipinski definition) is 1. The van der Waals surface area contributed by atoms with Crippen molar-refractivity contribution in [1.82, 2.24) is 0 Å². The van der Waals surface area contributed by atoms with Crippen LogP contribution >= 0.6 is 0 Å². The maximum atomic E-state index is 15.2. The number of alkyl halides is 2. The van der Waals surface area contributed by atoms with Crippen LogP contribution in [-0.2, 0) is 27.2 Å². The van der Waals surface area contributed by atoms with Crippen molar-refractivity contribution in [2.24, 2.45) is 5.14 Å². The topological polar surface area (TPSA) is 110 Å². The van der Waals surface area contributed by atoms with Gasteiger partial charge in [0.2, 0.25) is 0 Å². The van der Waals surface area contributed by atoms with Crippen LogP contribution in [0.1, 0.15) is 42.9 Å². The van der Waals surface area contributed by atoms with Gasteiger partial charge in [0.15, 0.2) is 9.84 Å². The number of halogens is 3. The summed E-state index contributed by atoms with van der Waals surface area (Å²) >= 11 is 0. The summed E-state index contributed by atoms with van der Waals surface area (Å²) in [7, 11) is -5.83. The molecule has 2 N–H and O–H groups in total. The molecule has 0 heterocycles. The van der Waals surface area contributed by atoms with Gasteiger partial charge in [-0.05, 0) is 50.1 Å². The SMILES string of the molecule is CC(C)(C[C@@H]1c2c(S(C)(=O)=O)ccc(Oc3cc(F)cc(C#N)c3)c2CC1(F)F)S(N)=O. The molecule has 172 valence electrons. The lowest BCUT2D eigenvalue weighted by Gasteiger charge is -2.29. The molecule has 2 aromatic carbocycles. The molecule has 1 aliphatic rings. The Morgan fingerprint density at radius 3 is 2.53 bits per heavy atom. The maximum Gasteiger partial charge on any atom is 0.259 e. The largest absolute Gasteiger partial charge is 0.457 e. The van der Waals surface area contributed by atoms with Crippen molar-refractivity contribution in [1.29, 1.82) is 5.26 Å². The summed E-state index contributed by atoms with van der Waals surface area (Å²) in [6, 6.07) is 7.39. The summed E-state index contributed by atoms with van der Waals surface area (Å²) in [5.41, 5.74) is -0.186. The van der Waals surface area contributed by atoms with Crippen molar-refractivity contribution >= 4 is 20.8 Å². The van der Waals surface area contributed by atoms with E-state index in [9.17, 15) is 17.0 Å². The van der Waals surface area contributed by atoms with Gasteiger partial charge in [-0.15, -0.1) is 0 Å². The summed E-state index contributed by atoms with van der Waals surface area (Å²) in [6.45, 7) is 2.93. The fourth-order valence-corrected chi connectivity index (χ4v) is 5.13. The van der Waals surface area contributed by atoms with Gasteiger partial charge in [-0.25, -0.2) is 25.8 Å². The van der Waals surface area contributed by atoms with E-state index in [-0.39, 0.29) is 39.5 Å². The van der Waals surface area contributed by atoms with E-state index in [1.807, 2.05) is 0 Å². The Morgan fingerprint density at radius 2 is 1.97 bits per heavy atom. The van der Waals surface area contributed by atoms with Crippen LogP contribution in [0.25, 0.3) is 0 Å². The van der Waals surface area contributed by atoms with E-state index in [0.29, 0.717) is 0 Å². The molecule has 0 aromatic heterocycles. The number of nitriles is 1. The zero-order chi connectivity index (χ0) is 24.1. The number of nitrogens with two attached hydrogens (primary N) is 1. The second-order valence-corrected chi connectivity index (χ2v) is 12.1. The van der Waals surface area contributed by atoms with E-state index in [1.165, 1.54) is 26.0 Å². The van der Waals surface area contributed by atoms with Gasteiger partial charge in [0.1, 0.15) is 17.3 Å². The van der Waals surface area contributed by atoms with E-state index in [2.05, 4.69) is 0 Å². The van der Waals surface area contributed by atoms with Gasteiger partial charge < -0.3 is 4.74 Å². The molecule has 1 unspecified atom stereocenters. The number of sulfone groups is 1. The van der Waals surface area contributed by atoms with Gasteiger partial charge in [0, 0.05) is 24.3 Å². The predicted octanol–water partition coefficient (Wildman–Crippen LogP) is 3.96. The zero-order valence-corrected chi connectivity index (χ0v) is 19.1. The molecule has 0 bridgehead atoms. The standard InChI is InChI=1S/C21H21F3N2O4S2/c1-20(2,31(26)27)10-16-19-15(9-21(16,23)24)17(4-5-18(19)32(3,28)29)30-14-7-12(11-25)6-13(22)8-14/h4-8,16H,9-10,26H2,1-3H3/t16-,31?/m1/s1. The highest BCUT2D eigenvalue weighted by molar-refractivity contribution is 7.90. The number of ether oxygens (including phenoxy) is 1. The van der Waals surface area contributed by atoms with Gasteiger partial charge in [-0.3, -0.25) is 5.14 Å². The van der Waals surface area contributed by atoms with Gasteiger partial charge in [0.05, 0.1) is 38.2 Å². The third-order valence-electron chi connectivity index (χ3n) is 5.41. The normalized spacial score (nSPS) is 18.6. The lowest BCUT2D eigenvalue weighted by atomic mass is 9.89. The van der Waals surface area contributed by atoms with Crippen LogP contribution < -0.4 is 9.88 Å². The number of benzene rings is 2. The van der Waals surface area contributed by atoms with E-state index >= 15 is 8.78 Å². The molecular weight excluding hydrogens is 465 g/mol. The summed E-state index contributed by atoms with van der Waals surface area (Å²) in [6.07, 6.45) is -0.241. The highest BCUT2D eigenvalue weighted by Gasteiger charge is 2.53. The van der Waals surface area contributed by atoms with Crippen LogP contribution in [0, 0.1) is 17.1 Å². The molecule has 0 radical (unpaired) electrons. The Hall–Kier alpha value is -2.42. The van der Waals surface area contributed by atoms with Crippen LogP contribution in [0.2, 0.25) is 0 Å². The van der Waals surface area contributed by atoms with Crippen molar-refractivity contribution in [2.45, 2.75) is 48.2 Å². The first kappa shape index (κ1) is 24.2. The molecule has 6 nitrogen and oxygen atoms in total. The van der Waals surface area contributed by atoms with E-state index in [4.69, 9.17) is 15.1 Å². The summed E-state index contributed by atoms with van der Waals surface area (Å²) in [5.74, 6) is -5.85. The molecule has 0 saturated carbocycles. The van der Waals surface area contributed by atoms with Crippen LogP contribution in [-0.4, -0.2) is 29.6 Å². The fourth-order valence-electron chi connectivity index (χ4n) is 3.81.